The number of carbonyl (C=O) groups is 2. The van der Waals surface area contributed by atoms with Crippen LogP contribution < -0.4 is 10.2 Å². The van der Waals surface area contributed by atoms with Crippen LogP contribution in [0.15, 0.2) is 23.8 Å². The molecule has 0 fully saturated rings. The summed E-state index contributed by atoms with van der Waals surface area (Å²) in [6, 6.07) is 6.54. The topological polar surface area (TPSA) is 67.9 Å². The Morgan fingerprint density at radius 2 is 1.85 bits per heavy atom. The fourth-order valence-corrected chi connectivity index (χ4v) is 2.90. The molecule has 0 saturated heterocycles. The summed E-state index contributed by atoms with van der Waals surface area (Å²) in [6.45, 7) is 10.9. The summed E-state index contributed by atoms with van der Waals surface area (Å²) in [6.07, 6.45) is 1.21. The highest BCUT2D eigenvalue weighted by atomic mass is 28.3. The molecule has 0 aliphatic heterocycles. The summed E-state index contributed by atoms with van der Waals surface area (Å²) >= 11 is 0. The quantitative estimate of drug-likeness (QED) is 0.398. The molecule has 7 heteroatoms. The Labute approximate surface area is 163 Å². The van der Waals surface area contributed by atoms with Gasteiger partial charge in [-0.3, -0.25) is 5.32 Å². The third-order valence-corrected chi connectivity index (χ3v) is 5.55. The number of carbonyl (C=O) groups excluding carboxylic acids is 2. The number of hydrogen-bond acceptors (Lipinski definition) is 5. The maximum Gasteiger partial charge on any atom is 0.411 e. The molecule has 0 spiro atoms. The lowest BCUT2D eigenvalue weighted by atomic mass is 10.1. The van der Waals surface area contributed by atoms with E-state index in [1.54, 1.807) is 19.9 Å². The fourth-order valence-electron chi connectivity index (χ4n) is 2.19. The van der Waals surface area contributed by atoms with Gasteiger partial charge in [0.1, 0.15) is 0 Å². The van der Waals surface area contributed by atoms with Gasteiger partial charge in [-0.1, -0.05) is 25.7 Å². The van der Waals surface area contributed by atoms with Gasteiger partial charge in [-0.2, -0.15) is 0 Å². The summed E-state index contributed by atoms with van der Waals surface area (Å²) in [5.41, 5.74) is 2.69. The lowest BCUT2D eigenvalue weighted by Gasteiger charge is -2.18. The predicted molar refractivity (Wildman–Crippen MR) is 114 cm³/mol. The van der Waals surface area contributed by atoms with Crippen molar-refractivity contribution in [3.05, 3.63) is 29.3 Å². The molecule has 0 unspecified atom stereocenters. The third kappa shape index (κ3) is 8.30. The molecule has 0 bridgehead atoms. The monoisotopic (exact) mass is 392 g/mol. The Morgan fingerprint density at radius 3 is 2.41 bits per heavy atom. The Morgan fingerprint density at radius 1 is 1.19 bits per heavy atom. The number of benzene rings is 1. The van der Waals surface area contributed by atoms with Crippen molar-refractivity contribution in [1.29, 1.82) is 0 Å². The van der Waals surface area contributed by atoms with Crippen LogP contribution in [0.2, 0.25) is 25.7 Å². The largest absolute Gasteiger partial charge is 0.463 e. The number of rotatable bonds is 8. The smallest absolute Gasteiger partial charge is 0.411 e. The molecule has 6 nitrogen and oxygen atoms in total. The number of ether oxygens (including phenoxy) is 2. The molecular formula is C20H32N2O4Si. The van der Waals surface area contributed by atoms with Gasteiger partial charge in [0.15, 0.2) is 0 Å². The van der Waals surface area contributed by atoms with Crippen molar-refractivity contribution >= 4 is 37.6 Å². The number of anilines is 2. The third-order valence-electron chi connectivity index (χ3n) is 3.84. The van der Waals surface area contributed by atoms with Gasteiger partial charge in [0.2, 0.25) is 0 Å². The maximum absolute atomic E-state index is 12.2. The van der Waals surface area contributed by atoms with Crippen LogP contribution in [0.3, 0.4) is 0 Å². The second-order valence-electron chi connectivity index (χ2n) is 7.79. The van der Waals surface area contributed by atoms with Crippen LogP contribution in [0.5, 0.6) is 0 Å². The molecule has 1 N–H and O–H groups in total. The molecule has 1 aromatic rings. The first-order valence-corrected chi connectivity index (χ1v) is 12.8. The van der Waals surface area contributed by atoms with Crippen LogP contribution in [0.25, 0.3) is 6.08 Å². The number of esters is 1. The molecule has 150 valence electrons. The highest BCUT2D eigenvalue weighted by molar-refractivity contribution is 6.76. The van der Waals surface area contributed by atoms with Gasteiger partial charge in [0, 0.05) is 33.4 Å². The predicted octanol–water partition coefficient (Wildman–Crippen LogP) is 4.61. The normalized spacial score (nSPS) is 11.7. The van der Waals surface area contributed by atoms with Gasteiger partial charge < -0.3 is 14.4 Å². The van der Waals surface area contributed by atoms with E-state index in [0.29, 0.717) is 30.0 Å². The van der Waals surface area contributed by atoms with Crippen molar-refractivity contribution in [1.82, 2.24) is 0 Å². The van der Waals surface area contributed by atoms with Gasteiger partial charge >= 0.3 is 12.1 Å². The van der Waals surface area contributed by atoms with Gasteiger partial charge in [-0.05, 0) is 43.7 Å². The van der Waals surface area contributed by atoms with E-state index in [9.17, 15) is 9.59 Å². The minimum atomic E-state index is -1.27. The van der Waals surface area contributed by atoms with E-state index >= 15 is 0 Å². The molecule has 0 atom stereocenters. The van der Waals surface area contributed by atoms with Crippen molar-refractivity contribution in [2.24, 2.45) is 0 Å². The lowest BCUT2D eigenvalue weighted by molar-refractivity contribution is -0.138. The fraction of sp³-hybridized carbons (Fsp3) is 0.500. The van der Waals surface area contributed by atoms with E-state index in [0.717, 1.165) is 11.7 Å². The highest BCUT2D eigenvalue weighted by Gasteiger charge is 2.15. The average Bonchev–Trinajstić information content (AvgIpc) is 2.55. The highest BCUT2D eigenvalue weighted by Crippen LogP contribution is 2.25. The van der Waals surface area contributed by atoms with Gasteiger partial charge in [-0.25, -0.2) is 9.59 Å². The minimum Gasteiger partial charge on any atom is -0.463 e. The lowest BCUT2D eigenvalue weighted by Crippen LogP contribution is -2.24. The first-order valence-electron chi connectivity index (χ1n) is 9.14. The van der Waals surface area contributed by atoms with E-state index in [1.165, 1.54) is 0 Å². The van der Waals surface area contributed by atoms with Crippen molar-refractivity contribution in [2.45, 2.75) is 39.5 Å². The summed E-state index contributed by atoms with van der Waals surface area (Å²) in [4.78, 5) is 26.0. The standard InChI is InChI=1S/C20H32N2O4Si/c1-8-25-19(23)15(2)13-16-9-10-17(22(3)4)14-18(16)21-20(24)26-11-12-27(5,6)7/h9-10,13-14H,8,11-12H2,1-7H3,(H,21,24). The van der Waals surface area contributed by atoms with E-state index < -0.39 is 14.2 Å². The van der Waals surface area contributed by atoms with E-state index in [4.69, 9.17) is 9.47 Å². The van der Waals surface area contributed by atoms with Crippen molar-refractivity contribution in [3.8, 4) is 0 Å². The number of nitrogens with one attached hydrogen (secondary N) is 1. The minimum absolute atomic E-state index is 0.318. The van der Waals surface area contributed by atoms with Crippen LogP contribution in [-0.4, -0.2) is 47.4 Å². The van der Waals surface area contributed by atoms with Crippen LogP contribution >= 0.6 is 0 Å². The Kier molecular flexibility index (Phi) is 8.56. The molecule has 0 aromatic heterocycles. The first kappa shape index (κ1) is 22.8. The molecule has 0 radical (unpaired) electrons. The maximum atomic E-state index is 12.2. The van der Waals surface area contributed by atoms with Crippen LogP contribution in [0.1, 0.15) is 19.4 Å². The van der Waals surface area contributed by atoms with Gasteiger partial charge in [0.25, 0.3) is 0 Å². The zero-order valence-corrected chi connectivity index (χ0v) is 18.5. The van der Waals surface area contributed by atoms with E-state index in [-0.39, 0.29) is 5.97 Å². The van der Waals surface area contributed by atoms with E-state index in [1.807, 2.05) is 37.2 Å². The van der Waals surface area contributed by atoms with Gasteiger partial charge in [-0.15, -0.1) is 0 Å². The molecule has 1 aromatic carbocycles. The molecule has 27 heavy (non-hydrogen) atoms. The molecule has 1 rings (SSSR count). The van der Waals surface area contributed by atoms with Crippen LogP contribution in [-0.2, 0) is 14.3 Å². The Balaban J connectivity index is 3.00. The molecule has 1 amide bonds. The summed E-state index contributed by atoms with van der Waals surface area (Å²) < 4.78 is 10.3. The Hall–Kier alpha value is -2.28. The summed E-state index contributed by atoms with van der Waals surface area (Å²) in [7, 11) is 2.58. The number of hydrogen-bond donors (Lipinski definition) is 1. The molecule has 0 aliphatic carbocycles. The van der Waals surface area contributed by atoms with Crippen LogP contribution in [0.4, 0.5) is 16.2 Å². The molecule has 0 aliphatic rings. The van der Waals surface area contributed by atoms with Crippen molar-refractivity contribution in [3.63, 3.8) is 0 Å². The summed E-state index contributed by atoms with van der Waals surface area (Å²) in [5.74, 6) is -0.377. The van der Waals surface area contributed by atoms with Crippen LogP contribution in [0, 0.1) is 0 Å². The zero-order valence-electron chi connectivity index (χ0n) is 17.5. The molecule has 0 saturated carbocycles. The SMILES string of the molecule is CCOC(=O)C(C)=Cc1ccc(N(C)C)cc1NC(=O)OCC[Si](C)(C)C. The molecular weight excluding hydrogens is 360 g/mol. The first-order chi connectivity index (χ1) is 12.5. The Bertz CT molecular complexity index is 694. The summed E-state index contributed by atoms with van der Waals surface area (Å²) in [5, 5.41) is 2.80. The number of nitrogens with zero attached hydrogens (tertiary/aromatic N) is 1. The molecule has 0 heterocycles. The van der Waals surface area contributed by atoms with E-state index in [2.05, 4.69) is 25.0 Å². The average molecular weight is 393 g/mol. The van der Waals surface area contributed by atoms with Crippen molar-refractivity contribution in [2.75, 3.05) is 37.5 Å². The second-order valence-corrected chi connectivity index (χ2v) is 13.4. The zero-order chi connectivity index (χ0) is 20.6. The van der Waals surface area contributed by atoms with Crippen molar-refractivity contribution < 1.29 is 19.1 Å². The second kappa shape index (κ2) is 10.2. The number of amides is 1. The van der Waals surface area contributed by atoms with Gasteiger partial charge in [0.05, 0.1) is 18.9 Å².